The molecule has 0 heterocycles. The third kappa shape index (κ3) is 3.41. The van der Waals surface area contributed by atoms with Crippen molar-refractivity contribution in [2.75, 3.05) is 6.61 Å². The summed E-state index contributed by atoms with van der Waals surface area (Å²) in [7, 11) is 0. The van der Waals surface area contributed by atoms with Crippen molar-refractivity contribution in [1.82, 2.24) is 0 Å². The van der Waals surface area contributed by atoms with E-state index in [1.807, 2.05) is 30.3 Å². The van der Waals surface area contributed by atoms with Crippen molar-refractivity contribution in [3.05, 3.63) is 63.6 Å². The Morgan fingerprint density at radius 3 is 2.65 bits per heavy atom. The smallest absolute Gasteiger partial charge is 0.124 e. The fourth-order valence-corrected chi connectivity index (χ4v) is 2.64. The van der Waals surface area contributed by atoms with Crippen LogP contribution in [0.4, 0.5) is 0 Å². The second kappa shape index (κ2) is 6.91. The van der Waals surface area contributed by atoms with Crippen molar-refractivity contribution in [3.63, 3.8) is 0 Å². The van der Waals surface area contributed by atoms with Crippen molar-refractivity contribution in [2.24, 2.45) is 5.73 Å². The first kappa shape index (κ1) is 15.1. The molecule has 0 aliphatic rings. The Morgan fingerprint density at radius 2 is 1.90 bits per heavy atom. The SMILES string of the molecule is CCCOc1ccccc1C(N)c1cc(C)ccc1Br. The van der Waals surface area contributed by atoms with Gasteiger partial charge in [0.25, 0.3) is 0 Å². The molecule has 2 aromatic rings. The van der Waals surface area contributed by atoms with Crippen molar-refractivity contribution >= 4 is 15.9 Å². The van der Waals surface area contributed by atoms with E-state index in [4.69, 9.17) is 10.5 Å². The van der Waals surface area contributed by atoms with Crippen LogP contribution in [0.3, 0.4) is 0 Å². The van der Waals surface area contributed by atoms with E-state index in [-0.39, 0.29) is 6.04 Å². The highest BCUT2D eigenvalue weighted by atomic mass is 79.9. The summed E-state index contributed by atoms with van der Waals surface area (Å²) in [5.74, 6) is 0.871. The summed E-state index contributed by atoms with van der Waals surface area (Å²) < 4.78 is 6.83. The van der Waals surface area contributed by atoms with Crippen LogP contribution in [0.2, 0.25) is 0 Å². The Balaban J connectivity index is 2.37. The van der Waals surface area contributed by atoms with Crippen LogP contribution in [0.1, 0.15) is 36.1 Å². The average molecular weight is 334 g/mol. The lowest BCUT2D eigenvalue weighted by Crippen LogP contribution is -2.14. The Morgan fingerprint density at radius 1 is 1.15 bits per heavy atom. The van der Waals surface area contributed by atoms with E-state index in [9.17, 15) is 0 Å². The van der Waals surface area contributed by atoms with Gasteiger partial charge in [-0.2, -0.15) is 0 Å². The van der Waals surface area contributed by atoms with Crippen molar-refractivity contribution in [3.8, 4) is 5.75 Å². The first-order valence-corrected chi connectivity index (χ1v) is 7.66. The molecule has 106 valence electrons. The molecule has 0 amide bonds. The Bertz CT molecular complexity index is 583. The van der Waals surface area contributed by atoms with E-state index in [1.54, 1.807) is 0 Å². The first-order valence-electron chi connectivity index (χ1n) is 6.86. The normalized spacial score (nSPS) is 12.2. The number of nitrogens with two attached hydrogens (primary N) is 1. The molecule has 2 N–H and O–H groups in total. The van der Waals surface area contributed by atoms with Gasteiger partial charge in [-0.05, 0) is 31.0 Å². The van der Waals surface area contributed by atoms with E-state index in [0.29, 0.717) is 6.61 Å². The van der Waals surface area contributed by atoms with Gasteiger partial charge in [0.15, 0.2) is 0 Å². The minimum absolute atomic E-state index is 0.197. The van der Waals surface area contributed by atoms with Gasteiger partial charge in [-0.3, -0.25) is 0 Å². The minimum atomic E-state index is -0.197. The van der Waals surface area contributed by atoms with Crippen LogP contribution < -0.4 is 10.5 Å². The Labute approximate surface area is 129 Å². The third-order valence-corrected chi connectivity index (χ3v) is 3.92. The van der Waals surface area contributed by atoms with Crippen LogP contribution in [0.25, 0.3) is 0 Å². The number of ether oxygens (including phenoxy) is 1. The van der Waals surface area contributed by atoms with Gasteiger partial charge in [0.05, 0.1) is 12.6 Å². The number of halogens is 1. The third-order valence-electron chi connectivity index (χ3n) is 3.20. The van der Waals surface area contributed by atoms with E-state index >= 15 is 0 Å². The van der Waals surface area contributed by atoms with Gasteiger partial charge in [-0.1, -0.05) is 58.7 Å². The summed E-state index contributed by atoms with van der Waals surface area (Å²) in [5, 5.41) is 0. The molecule has 0 saturated heterocycles. The van der Waals surface area contributed by atoms with E-state index < -0.39 is 0 Å². The van der Waals surface area contributed by atoms with Gasteiger partial charge in [0, 0.05) is 10.0 Å². The summed E-state index contributed by atoms with van der Waals surface area (Å²) in [6.45, 7) is 4.88. The summed E-state index contributed by atoms with van der Waals surface area (Å²) in [5.41, 5.74) is 9.75. The maximum absolute atomic E-state index is 6.45. The lowest BCUT2D eigenvalue weighted by Gasteiger charge is -2.19. The number of rotatable bonds is 5. The van der Waals surface area contributed by atoms with Crippen LogP contribution in [-0.4, -0.2) is 6.61 Å². The molecule has 0 fully saturated rings. The molecule has 0 aromatic heterocycles. The van der Waals surface area contributed by atoms with Crippen LogP contribution in [0.15, 0.2) is 46.9 Å². The van der Waals surface area contributed by atoms with Crippen molar-refractivity contribution in [1.29, 1.82) is 0 Å². The predicted molar refractivity (Wildman–Crippen MR) is 87.1 cm³/mol. The Hall–Kier alpha value is -1.32. The number of aryl methyl sites for hydroxylation is 1. The fourth-order valence-electron chi connectivity index (χ4n) is 2.15. The van der Waals surface area contributed by atoms with E-state index in [2.05, 4.69) is 41.9 Å². The van der Waals surface area contributed by atoms with Gasteiger partial charge in [-0.15, -0.1) is 0 Å². The van der Waals surface area contributed by atoms with Gasteiger partial charge in [0.1, 0.15) is 5.75 Å². The van der Waals surface area contributed by atoms with Gasteiger partial charge in [-0.25, -0.2) is 0 Å². The Kier molecular flexibility index (Phi) is 5.21. The number of hydrogen-bond donors (Lipinski definition) is 1. The molecule has 1 atom stereocenters. The van der Waals surface area contributed by atoms with E-state index in [1.165, 1.54) is 5.56 Å². The zero-order valence-corrected chi connectivity index (χ0v) is 13.5. The quantitative estimate of drug-likeness (QED) is 0.868. The highest BCUT2D eigenvalue weighted by Crippen LogP contribution is 2.32. The topological polar surface area (TPSA) is 35.2 Å². The summed E-state index contributed by atoms with van der Waals surface area (Å²) in [6, 6.07) is 14.0. The standard InChI is InChI=1S/C17H20BrNO/c1-3-10-20-16-7-5-4-6-13(16)17(19)14-11-12(2)8-9-15(14)18/h4-9,11,17H,3,10,19H2,1-2H3. The van der Waals surface area contributed by atoms with Crippen molar-refractivity contribution < 1.29 is 4.74 Å². The second-order valence-electron chi connectivity index (χ2n) is 4.89. The molecule has 2 nitrogen and oxygen atoms in total. The molecule has 0 saturated carbocycles. The minimum Gasteiger partial charge on any atom is -0.493 e. The molecule has 3 heteroatoms. The molecule has 20 heavy (non-hydrogen) atoms. The number of hydrogen-bond acceptors (Lipinski definition) is 2. The molecule has 0 aliphatic carbocycles. The highest BCUT2D eigenvalue weighted by Gasteiger charge is 2.16. The maximum Gasteiger partial charge on any atom is 0.124 e. The monoisotopic (exact) mass is 333 g/mol. The summed E-state index contributed by atoms with van der Waals surface area (Å²) in [6.07, 6.45) is 0.984. The van der Waals surface area contributed by atoms with Crippen LogP contribution in [0, 0.1) is 6.92 Å². The number of benzene rings is 2. The zero-order chi connectivity index (χ0) is 14.5. The zero-order valence-electron chi connectivity index (χ0n) is 11.9. The summed E-state index contributed by atoms with van der Waals surface area (Å²) in [4.78, 5) is 0. The number of para-hydroxylation sites is 1. The molecule has 2 rings (SSSR count). The molecule has 1 unspecified atom stereocenters. The van der Waals surface area contributed by atoms with Gasteiger partial charge in [0.2, 0.25) is 0 Å². The summed E-state index contributed by atoms with van der Waals surface area (Å²) >= 11 is 3.58. The molecule has 0 radical (unpaired) electrons. The largest absolute Gasteiger partial charge is 0.493 e. The molecule has 0 bridgehead atoms. The molecule has 0 aliphatic heterocycles. The maximum atomic E-state index is 6.45. The van der Waals surface area contributed by atoms with Crippen molar-refractivity contribution in [2.45, 2.75) is 26.3 Å². The molecular formula is C17H20BrNO. The fraction of sp³-hybridized carbons (Fsp3) is 0.294. The lowest BCUT2D eigenvalue weighted by atomic mass is 9.97. The first-order chi connectivity index (χ1) is 9.63. The lowest BCUT2D eigenvalue weighted by molar-refractivity contribution is 0.313. The highest BCUT2D eigenvalue weighted by molar-refractivity contribution is 9.10. The van der Waals surface area contributed by atoms with E-state index in [0.717, 1.165) is 27.8 Å². The average Bonchev–Trinajstić information content (AvgIpc) is 2.47. The van der Waals surface area contributed by atoms with Gasteiger partial charge < -0.3 is 10.5 Å². The molecule has 2 aromatic carbocycles. The van der Waals surface area contributed by atoms with Crippen LogP contribution in [0.5, 0.6) is 5.75 Å². The second-order valence-corrected chi connectivity index (χ2v) is 5.74. The van der Waals surface area contributed by atoms with Crippen LogP contribution >= 0.6 is 15.9 Å². The molecule has 0 spiro atoms. The van der Waals surface area contributed by atoms with Gasteiger partial charge >= 0.3 is 0 Å². The predicted octanol–water partition coefficient (Wildman–Crippen LogP) is 4.59. The molecular weight excluding hydrogens is 314 g/mol. The van der Waals surface area contributed by atoms with Crippen LogP contribution in [-0.2, 0) is 0 Å².